The Balaban J connectivity index is 3.03. The summed E-state index contributed by atoms with van der Waals surface area (Å²) in [6, 6.07) is 8.91. The lowest BCUT2D eigenvalue weighted by molar-refractivity contribution is -0.112. The molecule has 0 aromatic heterocycles. The molecule has 0 atom stereocenters. The van der Waals surface area contributed by atoms with Crippen molar-refractivity contribution in [1.82, 2.24) is 0 Å². The topological polar surface area (TPSA) is 64.7 Å². The molecule has 4 nitrogen and oxygen atoms in total. The summed E-state index contributed by atoms with van der Waals surface area (Å²) < 4.78 is 0. The Kier molecular flexibility index (Phi) is 3.03. The molecule has 0 radical (unpaired) electrons. The molecule has 0 aliphatic rings. The van der Waals surface area contributed by atoms with Crippen LogP contribution in [-0.4, -0.2) is 18.7 Å². The molecule has 0 aliphatic carbocycles. The van der Waals surface area contributed by atoms with E-state index in [1.807, 2.05) is 6.07 Å². The quantitative estimate of drug-likeness (QED) is 0.541. The highest BCUT2D eigenvalue weighted by Crippen LogP contribution is 2.00. The summed E-state index contributed by atoms with van der Waals surface area (Å²) in [6.45, 7) is 0. The lowest BCUT2D eigenvalue weighted by Crippen LogP contribution is -2.24. The lowest BCUT2D eigenvalue weighted by Gasteiger charge is -1.99. The van der Waals surface area contributed by atoms with Crippen molar-refractivity contribution in [3.05, 3.63) is 35.9 Å². The second-order valence-electron chi connectivity index (χ2n) is 2.35. The maximum Gasteiger partial charge on any atom is 0.271 e. The number of nitrogens with two attached hydrogens (primary N) is 1. The molecule has 0 heterocycles. The Hall–Kier alpha value is -1.84. The van der Waals surface area contributed by atoms with Crippen LogP contribution >= 0.6 is 0 Å². The Bertz CT molecular complexity index is 320. The normalized spacial score (nSPS) is 11.0. The molecule has 2 N–H and O–H groups in total. The third kappa shape index (κ3) is 2.30. The first-order valence-electron chi connectivity index (χ1n) is 3.72. The van der Waals surface area contributed by atoms with Gasteiger partial charge in [-0.3, -0.25) is 4.79 Å². The highest BCUT2D eigenvalue weighted by atomic mass is 16.6. The van der Waals surface area contributed by atoms with Crippen LogP contribution in [0, 0.1) is 0 Å². The fourth-order valence-corrected chi connectivity index (χ4v) is 0.927. The van der Waals surface area contributed by atoms with E-state index in [1.54, 1.807) is 24.3 Å². The third-order valence-electron chi connectivity index (χ3n) is 1.46. The molecule has 13 heavy (non-hydrogen) atoms. The van der Waals surface area contributed by atoms with Crippen molar-refractivity contribution in [2.75, 3.05) is 7.11 Å². The summed E-state index contributed by atoms with van der Waals surface area (Å²) in [7, 11) is 1.37. The van der Waals surface area contributed by atoms with Gasteiger partial charge in [0.2, 0.25) is 0 Å². The van der Waals surface area contributed by atoms with Gasteiger partial charge in [-0.25, -0.2) is 0 Å². The summed E-state index contributed by atoms with van der Waals surface area (Å²) in [5.41, 5.74) is 5.88. The Morgan fingerprint density at radius 2 is 2.00 bits per heavy atom. The number of carbonyl (C=O) groups excluding carboxylic acids is 1. The first-order valence-corrected chi connectivity index (χ1v) is 3.72. The minimum atomic E-state index is -0.604. The number of hydrogen-bond acceptors (Lipinski definition) is 3. The zero-order valence-electron chi connectivity index (χ0n) is 7.23. The molecule has 0 unspecified atom stereocenters. The fourth-order valence-electron chi connectivity index (χ4n) is 0.927. The fraction of sp³-hybridized carbons (Fsp3) is 0.111. The molecule has 1 aromatic carbocycles. The smallest absolute Gasteiger partial charge is 0.271 e. The monoisotopic (exact) mass is 178 g/mol. The van der Waals surface area contributed by atoms with E-state index >= 15 is 0 Å². The molecule has 0 fully saturated rings. The van der Waals surface area contributed by atoms with Crippen LogP contribution in [0.15, 0.2) is 35.5 Å². The SMILES string of the molecule is CO/N=C(\C(N)=O)c1ccccc1. The molecular formula is C9H10N2O2. The average Bonchev–Trinajstić information content (AvgIpc) is 2.15. The van der Waals surface area contributed by atoms with Gasteiger partial charge in [0.15, 0.2) is 5.71 Å². The maximum absolute atomic E-state index is 10.9. The Morgan fingerprint density at radius 1 is 1.38 bits per heavy atom. The van der Waals surface area contributed by atoms with Gasteiger partial charge >= 0.3 is 0 Å². The number of hydrogen-bond donors (Lipinski definition) is 1. The molecule has 1 amide bonds. The maximum atomic E-state index is 10.9. The molecule has 4 heteroatoms. The van der Waals surface area contributed by atoms with Crippen LogP contribution in [0.4, 0.5) is 0 Å². The zero-order chi connectivity index (χ0) is 9.68. The number of nitrogens with zero attached hydrogens (tertiary/aromatic N) is 1. The minimum Gasteiger partial charge on any atom is -0.398 e. The van der Waals surface area contributed by atoms with Crippen molar-refractivity contribution in [2.45, 2.75) is 0 Å². The van der Waals surface area contributed by atoms with Crippen LogP contribution in [0.1, 0.15) is 5.56 Å². The van der Waals surface area contributed by atoms with Crippen LogP contribution in [0.5, 0.6) is 0 Å². The molecule has 0 aliphatic heterocycles. The second kappa shape index (κ2) is 4.25. The summed E-state index contributed by atoms with van der Waals surface area (Å²) in [4.78, 5) is 15.4. The van der Waals surface area contributed by atoms with E-state index in [4.69, 9.17) is 5.73 Å². The Labute approximate surface area is 76.0 Å². The van der Waals surface area contributed by atoms with Gasteiger partial charge in [0.25, 0.3) is 5.91 Å². The van der Waals surface area contributed by atoms with Crippen LogP contribution in [0.25, 0.3) is 0 Å². The number of oxime groups is 1. The van der Waals surface area contributed by atoms with Gasteiger partial charge in [0.1, 0.15) is 7.11 Å². The number of rotatable bonds is 3. The van der Waals surface area contributed by atoms with Crippen molar-refractivity contribution in [2.24, 2.45) is 10.9 Å². The first kappa shape index (κ1) is 9.25. The van der Waals surface area contributed by atoms with E-state index in [1.165, 1.54) is 7.11 Å². The summed E-state index contributed by atoms with van der Waals surface area (Å²) in [6.07, 6.45) is 0. The van der Waals surface area contributed by atoms with Gasteiger partial charge in [0, 0.05) is 5.56 Å². The lowest BCUT2D eigenvalue weighted by atomic mass is 10.1. The van der Waals surface area contributed by atoms with Gasteiger partial charge in [-0.05, 0) is 0 Å². The molecule has 0 saturated heterocycles. The number of carbonyl (C=O) groups is 1. The first-order chi connectivity index (χ1) is 6.25. The van der Waals surface area contributed by atoms with E-state index in [-0.39, 0.29) is 5.71 Å². The van der Waals surface area contributed by atoms with E-state index in [2.05, 4.69) is 9.99 Å². The van der Waals surface area contributed by atoms with Crippen LogP contribution in [0.2, 0.25) is 0 Å². The van der Waals surface area contributed by atoms with Gasteiger partial charge < -0.3 is 10.6 Å². The van der Waals surface area contributed by atoms with E-state index in [0.717, 1.165) is 0 Å². The largest absolute Gasteiger partial charge is 0.398 e. The number of benzene rings is 1. The van der Waals surface area contributed by atoms with Crippen molar-refractivity contribution in [3.8, 4) is 0 Å². The Morgan fingerprint density at radius 3 is 2.46 bits per heavy atom. The van der Waals surface area contributed by atoms with E-state index in [9.17, 15) is 4.79 Å². The third-order valence-corrected chi connectivity index (χ3v) is 1.46. The standard InChI is InChI=1S/C9H10N2O2/c1-13-11-8(9(10)12)7-5-3-2-4-6-7/h2-6H,1H3,(H2,10,12)/b11-8-. The molecular weight excluding hydrogens is 168 g/mol. The van der Waals surface area contributed by atoms with Crippen molar-refractivity contribution >= 4 is 11.6 Å². The summed E-state index contributed by atoms with van der Waals surface area (Å²) in [5.74, 6) is -0.604. The van der Waals surface area contributed by atoms with E-state index in [0.29, 0.717) is 5.56 Å². The van der Waals surface area contributed by atoms with Crippen molar-refractivity contribution < 1.29 is 9.63 Å². The average molecular weight is 178 g/mol. The predicted molar refractivity (Wildman–Crippen MR) is 49.2 cm³/mol. The molecule has 0 bridgehead atoms. The molecule has 0 saturated carbocycles. The second-order valence-corrected chi connectivity index (χ2v) is 2.35. The van der Waals surface area contributed by atoms with Crippen LogP contribution < -0.4 is 5.73 Å². The van der Waals surface area contributed by atoms with Crippen molar-refractivity contribution in [3.63, 3.8) is 0 Å². The number of amides is 1. The summed E-state index contributed by atoms with van der Waals surface area (Å²) in [5, 5.41) is 3.54. The number of primary amides is 1. The van der Waals surface area contributed by atoms with E-state index < -0.39 is 5.91 Å². The zero-order valence-corrected chi connectivity index (χ0v) is 7.23. The minimum absolute atomic E-state index is 0.128. The van der Waals surface area contributed by atoms with Crippen LogP contribution in [-0.2, 0) is 9.63 Å². The van der Waals surface area contributed by atoms with Gasteiger partial charge in [-0.2, -0.15) is 0 Å². The van der Waals surface area contributed by atoms with Crippen molar-refractivity contribution in [1.29, 1.82) is 0 Å². The van der Waals surface area contributed by atoms with Crippen LogP contribution in [0.3, 0.4) is 0 Å². The highest BCUT2D eigenvalue weighted by molar-refractivity contribution is 6.44. The molecule has 1 aromatic rings. The predicted octanol–water partition coefficient (Wildman–Crippen LogP) is 0.522. The highest BCUT2D eigenvalue weighted by Gasteiger charge is 2.09. The van der Waals surface area contributed by atoms with Gasteiger partial charge in [0.05, 0.1) is 0 Å². The van der Waals surface area contributed by atoms with Gasteiger partial charge in [-0.1, -0.05) is 35.5 Å². The summed E-state index contributed by atoms with van der Waals surface area (Å²) >= 11 is 0. The van der Waals surface area contributed by atoms with Gasteiger partial charge in [-0.15, -0.1) is 0 Å². The molecule has 1 rings (SSSR count). The molecule has 68 valence electrons. The molecule has 0 spiro atoms.